The maximum absolute atomic E-state index is 11.0. The van der Waals surface area contributed by atoms with Crippen LogP contribution in [0.1, 0.15) is 89.0 Å². The van der Waals surface area contributed by atoms with Crippen molar-refractivity contribution < 1.29 is 14.6 Å². The number of unbranched alkanes of at least 4 members (excludes halogenated alkanes) is 6. The van der Waals surface area contributed by atoms with Gasteiger partial charge in [-0.3, -0.25) is 4.79 Å². The Kier molecular flexibility index (Phi) is 8.85. The van der Waals surface area contributed by atoms with Gasteiger partial charge in [-0.05, 0) is 55.7 Å². The summed E-state index contributed by atoms with van der Waals surface area (Å²) in [5.74, 6) is 0.690. The van der Waals surface area contributed by atoms with Crippen LogP contribution in [0.3, 0.4) is 0 Å². The smallest absolute Gasteiger partial charge is 0.306 e. The van der Waals surface area contributed by atoms with Gasteiger partial charge in [-0.25, -0.2) is 0 Å². The Labute approximate surface area is 152 Å². The number of rotatable bonds is 11. The Morgan fingerprint density at radius 3 is 2.16 bits per heavy atom. The van der Waals surface area contributed by atoms with Gasteiger partial charge >= 0.3 is 5.97 Å². The van der Waals surface area contributed by atoms with E-state index in [-0.39, 0.29) is 5.92 Å². The van der Waals surface area contributed by atoms with Crippen LogP contribution >= 0.6 is 0 Å². The Balaban J connectivity index is 1.62. The van der Waals surface area contributed by atoms with Gasteiger partial charge in [-0.2, -0.15) is 0 Å². The molecule has 0 amide bonds. The number of carboxylic acids is 1. The summed E-state index contributed by atoms with van der Waals surface area (Å²) in [6, 6.07) is 8.46. The van der Waals surface area contributed by atoms with Crippen molar-refractivity contribution in [3.8, 4) is 5.75 Å². The van der Waals surface area contributed by atoms with Gasteiger partial charge in [-0.1, -0.05) is 57.6 Å². The maximum atomic E-state index is 11.0. The van der Waals surface area contributed by atoms with Crippen molar-refractivity contribution in [1.29, 1.82) is 0 Å². The molecule has 0 saturated heterocycles. The molecule has 2 rings (SSSR count). The summed E-state index contributed by atoms with van der Waals surface area (Å²) in [6.07, 6.45) is 12.7. The lowest BCUT2D eigenvalue weighted by atomic mass is 9.79. The van der Waals surface area contributed by atoms with E-state index in [9.17, 15) is 4.79 Å². The predicted octanol–water partition coefficient (Wildman–Crippen LogP) is 6.17. The number of carboxylic acid groups (broad SMARTS) is 1. The van der Waals surface area contributed by atoms with E-state index in [1.54, 1.807) is 0 Å². The highest BCUT2D eigenvalue weighted by molar-refractivity contribution is 5.70. The van der Waals surface area contributed by atoms with Gasteiger partial charge in [0.1, 0.15) is 5.75 Å². The van der Waals surface area contributed by atoms with E-state index in [4.69, 9.17) is 9.84 Å². The second kappa shape index (κ2) is 11.2. The second-order valence-corrected chi connectivity index (χ2v) is 7.43. The molecule has 1 aromatic rings. The highest BCUT2D eigenvalue weighted by Crippen LogP contribution is 2.36. The minimum atomic E-state index is -0.632. The first-order valence-electron chi connectivity index (χ1n) is 10.2. The summed E-state index contributed by atoms with van der Waals surface area (Å²) in [7, 11) is 0. The van der Waals surface area contributed by atoms with Crippen molar-refractivity contribution in [3.05, 3.63) is 29.8 Å². The number of ether oxygens (including phenoxy) is 1. The van der Waals surface area contributed by atoms with Gasteiger partial charge < -0.3 is 9.84 Å². The highest BCUT2D eigenvalue weighted by Gasteiger charge is 2.26. The molecule has 140 valence electrons. The van der Waals surface area contributed by atoms with Crippen molar-refractivity contribution in [2.45, 2.75) is 83.5 Å². The molecule has 25 heavy (non-hydrogen) atoms. The molecule has 0 bridgehead atoms. The molecule has 1 fully saturated rings. The van der Waals surface area contributed by atoms with Crippen molar-refractivity contribution >= 4 is 5.97 Å². The summed E-state index contributed by atoms with van der Waals surface area (Å²) in [6.45, 7) is 3.05. The molecule has 3 heteroatoms. The zero-order chi connectivity index (χ0) is 17.9. The largest absolute Gasteiger partial charge is 0.494 e. The number of benzene rings is 1. The molecule has 1 aliphatic rings. The summed E-state index contributed by atoms with van der Waals surface area (Å²) in [5, 5.41) is 9.09. The lowest BCUT2D eigenvalue weighted by Gasteiger charge is -2.26. The SMILES string of the molecule is CCCCCCCCCOc1ccc([C@H]2CC[C@H](C(=O)O)CC2)cc1. The van der Waals surface area contributed by atoms with E-state index in [1.165, 1.54) is 44.1 Å². The Hall–Kier alpha value is -1.51. The number of carbonyl (C=O) groups is 1. The van der Waals surface area contributed by atoms with Gasteiger partial charge in [0.05, 0.1) is 12.5 Å². The third-order valence-corrected chi connectivity index (χ3v) is 5.44. The molecular weight excluding hydrogens is 312 g/mol. The van der Waals surface area contributed by atoms with Crippen molar-refractivity contribution in [1.82, 2.24) is 0 Å². The lowest BCUT2D eigenvalue weighted by Crippen LogP contribution is -2.20. The highest BCUT2D eigenvalue weighted by atomic mass is 16.5. The van der Waals surface area contributed by atoms with E-state index < -0.39 is 5.97 Å². The normalized spacial score (nSPS) is 20.4. The fraction of sp³-hybridized carbons (Fsp3) is 0.682. The van der Waals surface area contributed by atoms with Crippen LogP contribution in [0.2, 0.25) is 0 Å². The van der Waals surface area contributed by atoms with Crippen LogP contribution in [0.4, 0.5) is 0 Å². The average molecular weight is 347 g/mol. The topological polar surface area (TPSA) is 46.5 Å². The molecule has 1 saturated carbocycles. The molecule has 1 aromatic carbocycles. The van der Waals surface area contributed by atoms with Crippen LogP contribution in [0.15, 0.2) is 24.3 Å². The number of hydrogen-bond acceptors (Lipinski definition) is 2. The molecule has 0 aliphatic heterocycles. The zero-order valence-corrected chi connectivity index (χ0v) is 15.7. The molecule has 0 atom stereocenters. The lowest BCUT2D eigenvalue weighted by molar-refractivity contribution is -0.142. The van der Waals surface area contributed by atoms with Gasteiger partial charge in [-0.15, -0.1) is 0 Å². The first-order chi connectivity index (χ1) is 12.2. The fourth-order valence-corrected chi connectivity index (χ4v) is 3.76. The van der Waals surface area contributed by atoms with Gasteiger partial charge in [0, 0.05) is 0 Å². The summed E-state index contributed by atoms with van der Waals surface area (Å²) in [4.78, 5) is 11.0. The molecule has 0 aromatic heterocycles. The minimum Gasteiger partial charge on any atom is -0.494 e. The molecular formula is C22H34O3. The first kappa shape index (κ1) is 19.8. The van der Waals surface area contributed by atoms with Crippen LogP contribution in [-0.4, -0.2) is 17.7 Å². The summed E-state index contributed by atoms with van der Waals surface area (Å²) in [5.41, 5.74) is 1.33. The maximum Gasteiger partial charge on any atom is 0.306 e. The van der Waals surface area contributed by atoms with E-state index in [2.05, 4.69) is 31.2 Å². The third-order valence-electron chi connectivity index (χ3n) is 5.44. The van der Waals surface area contributed by atoms with E-state index in [0.717, 1.165) is 44.5 Å². The summed E-state index contributed by atoms with van der Waals surface area (Å²) >= 11 is 0. The van der Waals surface area contributed by atoms with E-state index in [0.29, 0.717) is 5.92 Å². The molecule has 0 unspecified atom stereocenters. The molecule has 3 nitrogen and oxygen atoms in total. The first-order valence-corrected chi connectivity index (χ1v) is 10.2. The number of aliphatic carboxylic acids is 1. The molecule has 0 spiro atoms. The number of hydrogen-bond donors (Lipinski definition) is 1. The van der Waals surface area contributed by atoms with Crippen molar-refractivity contribution in [2.24, 2.45) is 5.92 Å². The Morgan fingerprint density at radius 2 is 1.56 bits per heavy atom. The fourth-order valence-electron chi connectivity index (χ4n) is 3.76. The van der Waals surface area contributed by atoms with Gasteiger partial charge in [0.2, 0.25) is 0 Å². The molecule has 0 heterocycles. The monoisotopic (exact) mass is 346 g/mol. The minimum absolute atomic E-state index is 0.138. The van der Waals surface area contributed by atoms with Crippen LogP contribution in [0.25, 0.3) is 0 Å². The molecule has 1 N–H and O–H groups in total. The van der Waals surface area contributed by atoms with Gasteiger partial charge in [0.25, 0.3) is 0 Å². The van der Waals surface area contributed by atoms with Crippen LogP contribution < -0.4 is 4.74 Å². The average Bonchev–Trinajstić information content (AvgIpc) is 2.64. The molecule has 0 radical (unpaired) electrons. The van der Waals surface area contributed by atoms with E-state index in [1.807, 2.05) is 0 Å². The Bertz CT molecular complexity index is 486. The predicted molar refractivity (Wildman–Crippen MR) is 102 cm³/mol. The van der Waals surface area contributed by atoms with Crippen molar-refractivity contribution in [2.75, 3.05) is 6.61 Å². The second-order valence-electron chi connectivity index (χ2n) is 7.43. The third kappa shape index (κ3) is 7.09. The van der Waals surface area contributed by atoms with Crippen LogP contribution in [0, 0.1) is 5.92 Å². The molecule has 1 aliphatic carbocycles. The van der Waals surface area contributed by atoms with E-state index >= 15 is 0 Å². The van der Waals surface area contributed by atoms with Crippen LogP contribution in [-0.2, 0) is 4.79 Å². The zero-order valence-electron chi connectivity index (χ0n) is 15.7. The summed E-state index contributed by atoms with van der Waals surface area (Å²) < 4.78 is 5.85. The van der Waals surface area contributed by atoms with Crippen molar-refractivity contribution in [3.63, 3.8) is 0 Å². The Morgan fingerprint density at radius 1 is 0.960 bits per heavy atom. The quantitative estimate of drug-likeness (QED) is 0.487. The standard InChI is InChI=1S/C22H34O3/c1-2-3-4-5-6-7-8-17-25-21-15-13-19(14-16-21)18-9-11-20(12-10-18)22(23)24/h13-16,18,20H,2-12,17H2,1H3,(H,23,24)/t18-,20-. The van der Waals surface area contributed by atoms with Gasteiger partial charge in [0.15, 0.2) is 0 Å². The van der Waals surface area contributed by atoms with Crippen LogP contribution in [0.5, 0.6) is 5.75 Å².